The van der Waals surface area contributed by atoms with E-state index in [9.17, 15) is 9.59 Å². The lowest BCUT2D eigenvalue weighted by molar-refractivity contribution is 0.0541. The summed E-state index contributed by atoms with van der Waals surface area (Å²) in [6, 6.07) is 11.3. The molecule has 0 bridgehead atoms. The Bertz CT molecular complexity index is 1410. The number of ether oxygens (including phenoxy) is 2. The Morgan fingerprint density at radius 2 is 1.90 bits per heavy atom. The fourth-order valence-corrected chi connectivity index (χ4v) is 5.96. The molecule has 3 heterocycles. The van der Waals surface area contributed by atoms with Gasteiger partial charge in [-0.05, 0) is 79.6 Å². The summed E-state index contributed by atoms with van der Waals surface area (Å²) in [6.45, 7) is 12.3. The maximum Gasteiger partial charge on any atom is 0.356 e. The summed E-state index contributed by atoms with van der Waals surface area (Å²) in [5.41, 5.74) is 5.41. The molecule has 1 atom stereocenters. The quantitative estimate of drug-likeness (QED) is 0.182. The number of hydrogen-bond donors (Lipinski definition) is 0. The predicted octanol–water partition coefficient (Wildman–Crippen LogP) is 5.77. The predicted molar refractivity (Wildman–Crippen MR) is 153 cm³/mol. The molecule has 0 saturated heterocycles. The zero-order chi connectivity index (χ0) is 27.9. The van der Waals surface area contributed by atoms with Crippen molar-refractivity contribution >= 4 is 20.0 Å². The zero-order valence-corrected chi connectivity index (χ0v) is 24.8. The van der Waals surface area contributed by atoms with Gasteiger partial charge in [-0.2, -0.15) is 0 Å². The highest BCUT2D eigenvalue weighted by atomic mass is 28.3. The molecule has 0 radical (unpaired) electrons. The lowest BCUT2D eigenvalue weighted by atomic mass is 10.0. The van der Waals surface area contributed by atoms with E-state index in [1.807, 2.05) is 29.2 Å². The van der Waals surface area contributed by atoms with Gasteiger partial charge in [-0.25, -0.2) is 9.78 Å². The molecule has 1 aliphatic carbocycles. The smallest absolute Gasteiger partial charge is 0.356 e. The van der Waals surface area contributed by atoms with Crippen molar-refractivity contribution in [1.29, 1.82) is 0 Å². The molecule has 1 amide bonds. The van der Waals surface area contributed by atoms with Gasteiger partial charge in [0.15, 0.2) is 11.5 Å². The van der Waals surface area contributed by atoms with Gasteiger partial charge in [-0.15, -0.1) is 0 Å². The second kappa shape index (κ2) is 10.7. The number of rotatable bonds is 10. The third-order valence-electron chi connectivity index (χ3n) is 7.79. The van der Waals surface area contributed by atoms with Gasteiger partial charge in [0, 0.05) is 39.0 Å². The van der Waals surface area contributed by atoms with E-state index in [0.717, 1.165) is 28.3 Å². The molecule has 1 aromatic carbocycles. The second-order valence-corrected chi connectivity index (χ2v) is 17.6. The van der Waals surface area contributed by atoms with Gasteiger partial charge >= 0.3 is 5.97 Å². The highest BCUT2D eigenvalue weighted by molar-refractivity contribution is 6.76. The topological polar surface area (TPSA) is 86.5 Å². The molecule has 0 unspecified atom stereocenters. The van der Waals surface area contributed by atoms with Crippen molar-refractivity contribution in [3.05, 3.63) is 59.0 Å². The number of hydrogen-bond acceptors (Lipinski definition) is 6. The summed E-state index contributed by atoms with van der Waals surface area (Å²) in [5, 5.41) is 0. The van der Waals surface area contributed by atoms with Gasteiger partial charge in [-0.3, -0.25) is 14.3 Å². The van der Waals surface area contributed by atoms with Crippen LogP contribution in [0.4, 0.5) is 0 Å². The molecule has 2 aromatic heterocycles. The minimum Gasteiger partial charge on any atom is -0.464 e. The fourth-order valence-electron chi connectivity index (χ4n) is 5.20. The van der Waals surface area contributed by atoms with Crippen LogP contribution in [0, 0.1) is 12.8 Å². The molecule has 1 fully saturated rings. The number of imidazole rings is 1. The fraction of sp³-hybridized carbons (Fsp3) is 0.467. The van der Waals surface area contributed by atoms with Gasteiger partial charge < -0.3 is 14.4 Å². The molecular formula is C30H38N4O4Si. The highest BCUT2D eigenvalue weighted by Crippen LogP contribution is 2.39. The standard InChI is InChI=1S/C30H38N4O4Si/c1-19-27(30(36)37-3)34(18-38-13-14-39(4,5)6)28(32-19)26-16-23(11-12-31-26)22-9-10-25-24(15-22)17-33(29(25)35)20(2)21-7-8-21/h9-12,15-16,20-21H,7-8,13-14,17-18H2,1-6H3/t20-/m0/s1. The molecule has 206 valence electrons. The van der Waals surface area contributed by atoms with Crippen LogP contribution in [0.15, 0.2) is 36.5 Å². The number of nitrogens with zero attached hydrogens (tertiary/aromatic N) is 4. The van der Waals surface area contributed by atoms with Gasteiger partial charge in [0.1, 0.15) is 12.4 Å². The molecule has 9 heteroatoms. The van der Waals surface area contributed by atoms with E-state index in [2.05, 4.69) is 37.6 Å². The monoisotopic (exact) mass is 546 g/mol. The maximum absolute atomic E-state index is 13.0. The molecule has 0 spiro atoms. The number of carbonyl (C=O) groups excluding carboxylic acids is 2. The molecule has 0 N–H and O–H groups in total. The number of aromatic nitrogens is 3. The summed E-state index contributed by atoms with van der Waals surface area (Å²) < 4.78 is 12.8. The first-order valence-electron chi connectivity index (χ1n) is 13.7. The Balaban J connectivity index is 1.44. The van der Waals surface area contributed by atoms with Crippen LogP contribution in [0.25, 0.3) is 22.6 Å². The molecule has 1 saturated carbocycles. The van der Waals surface area contributed by atoms with E-state index >= 15 is 0 Å². The van der Waals surface area contributed by atoms with Gasteiger partial charge in [0.2, 0.25) is 0 Å². The summed E-state index contributed by atoms with van der Waals surface area (Å²) in [7, 11) is 0.112. The van der Waals surface area contributed by atoms with E-state index in [0.29, 0.717) is 42.0 Å². The minimum absolute atomic E-state index is 0.133. The molecule has 2 aliphatic rings. The number of benzene rings is 1. The Morgan fingerprint density at radius 1 is 1.15 bits per heavy atom. The van der Waals surface area contributed by atoms with Crippen LogP contribution in [-0.2, 0) is 22.7 Å². The SMILES string of the molecule is COC(=O)c1c(C)nc(-c2cc(-c3ccc4c(c3)CN([C@@H](C)C3CC3)C4=O)ccn2)n1COCC[Si](C)(C)C. The number of fused-ring (bicyclic) bond motifs is 1. The van der Waals surface area contributed by atoms with Crippen molar-refractivity contribution < 1.29 is 19.1 Å². The van der Waals surface area contributed by atoms with Gasteiger partial charge in [0.25, 0.3) is 5.91 Å². The third kappa shape index (κ3) is 5.70. The number of amides is 1. The van der Waals surface area contributed by atoms with E-state index in [1.165, 1.54) is 20.0 Å². The molecule has 1 aliphatic heterocycles. The van der Waals surface area contributed by atoms with Crippen LogP contribution < -0.4 is 0 Å². The van der Waals surface area contributed by atoms with Crippen molar-refractivity contribution in [3.8, 4) is 22.6 Å². The summed E-state index contributed by atoms with van der Waals surface area (Å²) in [6.07, 6.45) is 4.17. The zero-order valence-electron chi connectivity index (χ0n) is 23.8. The van der Waals surface area contributed by atoms with Gasteiger partial charge in [-0.1, -0.05) is 25.7 Å². The van der Waals surface area contributed by atoms with Crippen molar-refractivity contribution in [3.63, 3.8) is 0 Å². The summed E-state index contributed by atoms with van der Waals surface area (Å²) in [5.74, 6) is 0.869. The lowest BCUT2D eigenvalue weighted by Crippen LogP contribution is -2.34. The molecule has 5 rings (SSSR count). The number of methoxy groups -OCH3 is 1. The number of esters is 1. The number of pyridine rings is 1. The maximum atomic E-state index is 13.0. The van der Waals surface area contributed by atoms with Crippen LogP contribution in [0.2, 0.25) is 25.7 Å². The molecule has 3 aromatic rings. The average molecular weight is 547 g/mol. The summed E-state index contributed by atoms with van der Waals surface area (Å²) >= 11 is 0. The lowest BCUT2D eigenvalue weighted by Gasteiger charge is -2.23. The molecule has 39 heavy (non-hydrogen) atoms. The van der Waals surface area contributed by atoms with Gasteiger partial charge in [0.05, 0.1) is 12.8 Å². The van der Waals surface area contributed by atoms with Crippen LogP contribution in [0.3, 0.4) is 0 Å². The van der Waals surface area contributed by atoms with Crippen molar-refractivity contribution in [1.82, 2.24) is 19.4 Å². The van der Waals surface area contributed by atoms with Crippen LogP contribution >= 0.6 is 0 Å². The second-order valence-electron chi connectivity index (χ2n) is 11.9. The van der Waals surface area contributed by atoms with Crippen LogP contribution in [0.1, 0.15) is 51.9 Å². The highest BCUT2D eigenvalue weighted by Gasteiger charge is 2.38. The van der Waals surface area contributed by atoms with Crippen molar-refractivity contribution in [2.24, 2.45) is 5.92 Å². The van der Waals surface area contributed by atoms with Crippen molar-refractivity contribution in [2.75, 3.05) is 13.7 Å². The van der Waals surface area contributed by atoms with Crippen LogP contribution in [0.5, 0.6) is 0 Å². The van der Waals surface area contributed by atoms with Crippen LogP contribution in [-0.4, -0.2) is 59.1 Å². The summed E-state index contributed by atoms with van der Waals surface area (Å²) in [4.78, 5) is 37.0. The Hall–Kier alpha value is -3.30. The van der Waals surface area contributed by atoms with E-state index in [4.69, 9.17) is 14.5 Å². The normalized spacial score (nSPS) is 15.9. The molecular weight excluding hydrogens is 508 g/mol. The Labute approximate surface area is 231 Å². The third-order valence-corrected chi connectivity index (χ3v) is 9.50. The van der Waals surface area contributed by atoms with E-state index in [-0.39, 0.29) is 18.7 Å². The number of aryl methyl sites for hydroxylation is 1. The van der Waals surface area contributed by atoms with E-state index in [1.54, 1.807) is 17.7 Å². The average Bonchev–Trinajstić information content (AvgIpc) is 3.64. The number of carbonyl (C=O) groups is 2. The largest absolute Gasteiger partial charge is 0.464 e. The Kier molecular flexibility index (Phi) is 7.48. The van der Waals surface area contributed by atoms with E-state index < -0.39 is 14.0 Å². The first kappa shape index (κ1) is 27.3. The van der Waals surface area contributed by atoms with Crippen molar-refractivity contribution in [2.45, 2.75) is 71.7 Å². The molecule has 8 nitrogen and oxygen atoms in total. The first-order chi connectivity index (χ1) is 18.6. The first-order valence-corrected chi connectivity index (χ1v) is 17.4. The Morgan fingerprint density at radius 3 is 2.59 bits per heavy atom. The minimum atomic E-state index is -1.26.